The van der Waals surface area contributed by atoms with Crippen molar-refractivity contribution in [3.05, 3.63) is 0 Å². The van der Waals surface area contributed by atoms with Crippen molar-refractivity contribution in [3.63, 3.8) is 0 Å². The van der Waals surface area contributed by atoms with Crippen LogP contribution in [0.5, 0.6) is 0 Å². The normalized spacial score (nSPS) is 10.3. The smallest absolute Gasteiger partial charge is 0.139 e. The molecule has 0 amide bonds. The van der Waals surface area contributed by atoms with Gasteiger partial charge in [0.15, 0.2) is 0 Å². The lowest BCUT2D eigenvalue weighted by atomic mass is 10.2. The van der Waals surface area contributed by atoms with Crippen LogP contribution in [0.2, 0.25) is 19.6 Å². The second kappa shape index (κ2) is 5.25. The molecule has 0 aromatic rings. The van der Waals surface area contributed by atoms with Gasteiger partial charge in [-0.2, -0.15) is 0 Å². The van der Waals surface area contributed by atoms with E-state index in [1.165, 1.54) is 0 Å². The molecule has 0 aliphatic rings. The molecular weight excluding hydrogens is 168 g/mol. The lowest BCUT2D eigenvalue weighted by molar-refractivity contribution is -0.123. The summed E-state index contributed by atoms with van der Waals surface area (Å²) in [4.78, 5) is 22.1. The van der Waals surface area contributed by atoms with Gasteiger partial charge in [-0.3, -0.25) is 4.79 Å². The second-order valence-electron chi connectivity index (χ2n) is 3.74. The predicted molar refractivity (Wildman–Crippen MR) is 55.0 cm³/mol. The first-order valence-corrected chi connectivity index (χ1v) is 7.43. The van der Waals surface area contributed by atoms with E-state index in [9.17, 15) is 9.59 Å². The molecule has 0 saturated heterocycles. The molecule has 0 radical (unpaired) electrons. The molecule has 2 nitrogen and oxygen atoms in total. The van der Waals surface area contributed by atoms with Crippen molar-refractivity contribution in [1.82, 2.24) is 0 Å². The largest absolute Gasteiger partial charge is 0.305 e. The summed E-state index contributed by atoms with van der Waals surface area (Å²) in [5.41, 5.74) is 0. The first-order chi connectivity index (χ1) is 4.88. The van der Waals surface area contributed by atoms with E-state index in [2.05, 4.69) is 0 Å². The molecule has 0 spiro atoms. The van der Waals surface area contributed by atoms with E-state index in [1.54, 1.807) is 6.92 Å². The monoisotopic (exact) mass is 188 g/mol. The Kier molecular flexibility index (Phi) is 6.17. The Labute approximate surface area is 76.4 Å². The summed E-state index contributed by atoms with van der Waals surface area (Å²) in [6.07, 6.45) is 0.641. The van der Waals surface area contributed by atoms with Crippen molar-refractivity contribution < 1.29 is 9.59 Å². The van der Waals surface area contributed by atoms with Crippen LogP contribution in [0.25, 0.3) is 0 Å². The fourth-order valence-electron chi connectivity index (χ4n) is 0.569. The zero-order valence-corrected chi connectivity index (χ0v) is 8.73. The molecule has 0 aliphatic carbocycles. The Morgan fingerprint density at radius 3 is 1.83 bits per heavy atom. The van der Waals surface area contributed by atoms with Crippen LogP contribution in [-0.4, -0.2) is 19.3 Å². The highest BCUT2D eigenvalue weighted by atomic mass is 28.3. The molecule has 0 bridgehead atoms. The van der Waals surface area contributed by atoms with Crippen molar-refractivity contribution in [2.24, 2.45) is 0 Å². The number of carbonyl (C=O) groups is 2. The summed E-state index contributed by atoms with van der Waals surface area (Å²) in [5, 5.41) is 0.171. The molecular formula is C9H20O2Si. The molecule has 0 heterocycles. The van der Waals surface area contributed by atoms with Crippen LogP contribution < -0.4 is 0 Å². The average molecular weight is 188 g/mol. The maximum Gasteiger partial charge on any atom is 0.139 e. The van der Waals surface area contributed by atoms with E-state index >= 15 is 0 Å². The lowest BCUT2D eigenvalue weighted by Gasteiger charge is -2.12. The molecule has 0 saturated carbocycles. The molecule has 0 rings (SSSR count). The first-order valence-electron chi connectivity index (χ1n) is 3.93. The van der Waals surface area contributed by atoms with Crippen LogP contribution in [0, 0.1) is 0 Å². The number of hydrogen-bond acceptors (Lipinski definition) is 2. The molecule has 72 valence electrons. The number of carbonyl (C=O) groups excluding carboxylic acids is 2. The fourth-order valence-corrected chi connectivity index (χ4v) is 1.30. The molecule has 0 atom stereocenters. The van der Waals surface area contributed by atoms with E-state index in [0.29, 0.717) is 6.42 Å². The lowest BCUT2D eigenvalue weighted by Crippen LogP contribution is -2.34. The minimum absolute atomic E-state index is 0. The zero-order chi connectivity index (χ0) is 9.07. The summed E-state index contributed by atoms with van der Waals surface area (Å²) < 4.78 is 0. The van der Waals surface area contributed by atoms with E-state index in [0.717, 1.165) is 0 Å². The van der Waals surface area contributed by atoms with Gasteiger partial charge >= 0.3 is 0 Å². The summed E-state index contributed by atoms with van der Waals surface area (Å²) in [6, 6.07) is 0. The molecule has 0 aromatic carbocycles. The van der Waals surface area contributed by atoms with Crippen molar-refractivity contribution in [2.75, 3.05) is 0 Å². The highest BCUT2D eigenvalue weighted by Crippen LogP contribution is 2.06. The number of hydrogen-bond donors (Lipinski definition) is 0. The molecule has 0 unspecified atom stereocenters. The van der Waals surface area contributed by atoms with Gasteiger partial charge in [0.25, 0.3) is 0 Å². The van der Waals surface area contributed by atoms with E-state index < -0.39 is 8.07 Å². The van der Waals surface area contributed by atoms with Crippen molar-refractivity contribution in [2.45, 2.75) is 46.8 Å². The van der Waals surface area contributed by atoms with Crippen LogP contribution in [0.3, 0.4) is 0 Å². The summed E-state index contributed by atoms with van der Waals surface area (Å²) >= 11 is 0. The van der Waals surface area contributed by atoms with Crippen molar-refractivity contribution >= 4 is 19.3 Å². The van der Waals surface area contributed by atoms with Gasteiger partial charge in [-0.25, -0.2) is 0 Å². The van der Waals surface area contributed by atoms with Crippen molar-refractivity contribution in [3.8, 4) is 0 Å². The Morgan fingerprint density at radius 1 is 1.17 bits per heavy atom. The number of ketones is 1. The van der Waals surface area contributed by atoms with Crippen LogP contribution in [0.1, 0.15) is 27.2 Å². The second-order valence-corrected chi connectivity index (χ2v) is 8.80. The third-order valence-corrected chi connectivity index (χ3v) is 3.44. The van der Waals surface area contributed by atoms with E-state index in [-0.39, 0.29) is 25.0 Å². The highest BCUT2D eigenvalue weighted by molar-refractivity contribution is 7.03. The number of rotatable bonds is 4. The van der Waals surface area contributed by atoms with Crippen LogP contribution in [0.15, 0.2) is 0 Å². The molecule has 0 N–H and O–H groups in total. The van der Waals surface area contributed by atoms with E-state index in [4.69, 9.17) is 0 Å². The molecule has 0 fully saturated rings. The van der Waals surface area contributed by atoms with Crippen LogP contribution in [-0.2, 0) is 9.59 Å². The third kappa shape index (κ3) is 5.24. The first kappa shape index (κ1) is 14.1. The number of Topliss-reactive ketones (excluding diaryl/α,β-unsaturated/α-hetero) is 1. The summed E-state index contributed by atoms with van der Waals surface area (Å²) in [6.45, 7) is 7.70. The van der Waals surface area contributed by atoms with Gasteiger partial charge in [0.2, 0.25) is 0 Å². The van der Waals surface area contributed by atoms with Crippen molar-refractivity contribution in [1.29, 1.82) is 0 Å². The highest BCUT2D eigenvalue weighted by Gasteiger charge is 2.24. The Hall–Kier alpha value is -0.443. The average Bonchev–Trinajstić information content (AvgIpc) is 1.85. The van der Waals surface area contributed by atoms with Gasteiger partial charge in [0.05, 0.1) is 6.42 Å². The fraction of sp³-hybridized carbons (Fsp3) is 0.778. The van der Waals surface area contributed by atoms with Gasteiger partial charge in [-0.05, 0) is 0 Å². The maximum absolute atomic E-state index is 11.3. The minimum atomic E-state index is -1.70. The minimum Gasteiger partial charge on any atom is -0.305 e. The van der Waals surface area contributed by atoms with Gasteiger partial charge in [0.1, 0.15) is 19.3 Å². The summed E-state index contributed by atoms with van der Waals surface area (Å²) in [5.74, 6) is 0.0671. The van der Waals surface area contributed by atoms with Gasteiger partial charge in [-0.1, -0.05) is 34.0 Å². The van der Waals surface area contributed by atoms with E-state index in [1.807, 2.05) is 19.6 Å². The Morgan fingerprint density at radius 2 is 1.58 bits per heavy atom. The topological polar surface area (TPSA) is 34.1 Å². The maximum atomic E-state index is 11.3. The zero-order valence-electron chi connectivity index (χ0n) is 7.73. The molecule has 3 heteroatoms. The Balaban J connectivity index is 0. The third-order valence-electron chi connectivity index (χ3n) is 1.59. The van der Waals surface area contributed by atoms with Crippen LogP contribution >= 0.6 is 0 Å². The van der Waals surface area contributed by atoms with Gasteiger partial charge < -0.3 is 4.79 Å². The Bertz CT molecular complexity index is 168. The SMILES string of the molecule is C.CCC(=O)CC(=O)[Si](C)(C)C. The predicted octanol–water partition coefficient (Wildman–Crippen LogP) is 2.44. The standard InChI is InChI=1S/C8H16O2Si.CH4/c1-5-7(9)6-8(10)11(2,3)4;/h5-6H2,1-4H3;1H4. The molecule has 0 aliphatic heterocycles. The molecule has 0 aromatic heterocycles. The van der Waals surface area contributed by atoms with Crippen LogP contribution in [0.4, 0.5) is 0 Å². The van der Waals surface area contributed by atoms with Gasteiger partial charge in [0, 0.05) is 6.42 Å². The van der Waals surface area contributed by atoms with Gasteiger partial charge in [-0.15, -0.1) is 0 Å². The quantitative estimate of drug-likeness (QED) is 0.501. The molecule has 12 heavy (non-hydrogen) atoms. The summed E-state index contributed by atoms with van der Waals surface area (Å²) in [7, 11) is -1.70.